The molecule has 1 aromatic carbocycles. The molecule has 6 heteroatoms. The van der Waals surface area contributed by atoms with Crippen molar-refractivity contribution in [1.82, 2.24) is 9.97 Å². The molecule has 20 heavy (non-hydrogen) atoms. The number of nitrogens with one attached hydrogen (secondary N) is 1. The monoisotopic (exact) mass is 310 g/mol. The van der Waals surface area contributed by atoms with Crippen LogP contribution in [0.5, 0.6) is 0 Å². The van der Waals surface area contributed by atoms with E-state index in [1.54, 1.807) is 23.9 Å². The molecular weight excluding hydrogens is 295 g/mol. The quantitative estimate of drug-likeness (QED) is 0.655. The highest BCUT2D eigenvalue weighted by Gasteiger charge is 2.03. The van der Waals surface area contributed by atoms with Crippen LogP contribution < -0.4 is 5.56 Å². The number of halogens is 1. The lowest BCUT2D eigenvalue weighted by Gasteiger charge is -2.04. The van der Waals surface area contributed by atoms with Gasteiger partial charge in [-0.15, -0.1) is 0 Å². The van der Waals surface area contributed by atoms with Gasteiger partial charge in [-0.1, -0.05) is 30.8 Å². The van der Waals surface area contributed by atoms with Crippen LogP contribution in [-0.2, 0) is 11.5 Å². The Balaban J connectivity index is 2.03. The largest absolute Gasteiger partial charge is 0.301 e. The number of aromatic nitrogens is 2. The first-order valence-electron chi connectivity index (χ1n) is 6.22. The van der Waals surface area contributed by atoms with Gasteiger partial charge in [0.05, 0.1) is 5.69 Å². The average molecular weight is 310 g/mol. The van der Waals surface area contributed by atoms with Crippen molar-refractivity contribution in [2.75, 3.05) is 5.75 Å². The third-order valence-corrected chi connectivity index (χ3v) is 4.37. The molecule has 0 aliphatic heterocycles. The van der Waals surface area contributed by atoms with Gasteiger partial charge in [0, 0.05) is 17.6 Å². The molecule has 0 atom stereocenters. The van der Waals surface area contributed by atoms with Crippen LogP contribution in [-0.4, -0.2) is 15.7 Å². The maximum atomic E-state index is 12.8. The molecule has 0 aliphatic carbocycles. The lowest BCUT2D eigenvalue weighted by Crippen LogP contribution is -2.09. The minimum absolute atomic E-state index is 0.131. The molecule has 1 N–H and O–H groups in total. The lowest BCUT2D eigenvalue weighted by molar-refractivity contribution is 0.627. The number of hydrogen-bond donors (Lipinski definition) is 1. The zero-order valence-corrected chi connectivity index (χ0v) is 12.7. The fourth-order valence-electron chi connectivity index (χ4n) is 1.56. The van der Waals surface area contributed by atoms with Gasteiger partial charge in [0.1, 0.15) is 5.82 Å². The second-order valence-electron chi connectivity index (χ2n) is 4.09. The molecule has 1 heterocycles. The van der Waals surface area contributed by atoms with E-state index < -0.39 is 0 Å². The summed E-state index contributed by atoms with van der Waals surface area (Å²) in [6.07, 6.45) is 0. The Morgan fingerprint density at radius 1 is 1.25 bits per heavy atom. The van der Waals surface area contributed by atoms with Crippen LogP contribution in [0.25, 0.3) is 0 Å². The predicted octanol–water partition coefficient (Wildman–Crippen LogP) is 3.45. The van der Waals surface area contributed by atoms with Crippen molar-refractivity contribution < 1.29 is 4.39 Å². The summed E-state index contributed by atoms with van der Waals surface area (Å²) in [5.74, 6) is 2.13. The standard InChI is InChI=1S/C14H15FN2OS2/c1-2-19-9-12-7-13(18)17-14(16-12)20-8-10-3-5-11(15)6-4-10/h3-7H,2,8-9H2,1H3,(H,16,17,18). The van der Waals surface area contributed by atoms with Crippen LogP contribution in [0.3, 0.4) is 0 Å². The zero-order chi connectivity index (χ0) is 14.4. The number of benzene rings is 1. The minimum Gasteiger partial charge on any atom is -0.301 e. The number of thioether (sulfide) groups is 2. The van der Waals surface area contributed by atoms with Crippen LogP contribution in [0.2, 0.25) is 0 Å². The molecule has 3 nitrogen and oxygen atoms in total. The number of nitrogens with zero attached hydrogens (tertiary/aromatic N) is 1. The fourth-order valence-corrected chi connectivity index (χ4v) is 2.98. The van der Waals surface area contributed by atoms with Gasteiger partial charge in [0.15, 0.2) is 5.16 Å². The van der Waals surface area contributed by atoms with Gasteiger partial charge >= 0.3 is 0 Å². The molecule has 0 bridgehead atoms. The molecule has 106 valence electrons. The number of H-pyrrole nitrogens is 1. The van der Waals surface area contributed by atoms with Crippen LogP contribution >= 0.6 is 23.5 Å². The number of hydrogen-bond acceptors (Lipinski definition) is 4. The molecule has 0 saturated carbocycles. The van der Waals surface area contributed by atoms with Crippen molar-refractivity contribution in [2.45, 2.75) is 23.6 Å². The summed E-state index contributed by atoms with van der Waals surface area (Å²) < 4.78 is 12.8. The molecule has 0 spiro atoms. The highest BCUT2D eigenvalue weighted by atomic mass is 32.2. The minimum atomic E-state index is -0.246. The molecule has 0 unspecified atom stereocenters. The number of rotatable bonds is 6. The first-order chi connectivity index (χ1) is 9.67. The highest BCUT2D eigenvalue weighted by Crippen LogP contribution is 2.19. The van der Waals surface area contributed by atoms with E-state index in [4.69, 9.17) is 0 Å². The third-order valence-electron chi connectivity index (χ3n) is 2.52. The summed E-state index contributed by atoms with van der Waals surface area (Å²) in [6, 6.07) is 7.86. The molecule has 0 amide bonds. The van der Waals surface area contributed by atoms with Gasteiger partial charge in [-0.3, -0.25) is 4.79 Å². The summed E-state index contributed by atoms with van der Waals surface area (Å²) in [4.78, 5) is 18.7. The molecule has 0 aliphatic rings. The first kappa shape index (κ1) is 15.1. The Morgan fingerprint density at radius 3 is 2.70 bits per heavy atom. The van der Waals surface area contributed by atoms with Crippen molar-refractivity contribution in [1.29, 1.82) is 0 Å². The van der Waals surface area contributed by atoms with Gasteiger partial charge in [-0.05, 0) is 23.4 Å². The zero-order valence-electron chi connectivity index (χ0n) is 11.1. The summed E-state index contributed by atoms with van der Waals surface area (Å²) in [5, 5.41) is 0.605. The molecule has 2 aromatic rings. The van der Waals surface area contributed by atoms with E-state index in [-0.39, 0.29) is 11.4 Å². The topological polar surface area (TPSA) is 45.8 Å². The van der Waals surface area contributed by atoms with Gasteiger partial charge in [-0.2, -0.15) is 11.8 Å². The first-order valence-corrected chi connectivity index (χ1v) is 8.36. The van der Waals surface area contributed by atoms with Gasteiger partial charge in [-0.25, -0.2) is 9.37 Å². The average Bonchev–Trinajstić information content (AvgIpc) is 2.44. The molecule has 2 rings (SSSR count). The Labute approximate surface area is 125 Å². The van der Waals surface area contributed by atoms with E-state index in [0.717, 1.165) is 22.8 Å². The van der Waals surface area contributed by atoms with Crippen LogP contribution in [0.15, 0.2) is 40.3 Å². The number of aromatic amines is 1. The summed E-state index contributed by atoms with van der Waals surface area (Å²) in [7, 11) is 0. The van der Waals surface area contributed by atoms with Crippen molar-refractivity contribution in [3.8, 4) is 0 Å². The molecule has 0 radical (unpaired) electrons. The van der Waals surface area contributed by atoms with Gasteiger partial charge < -0.3 is 4.98 Å². The highest BCUT2D eigenvalue weighted by molar-refractivity contribution is 7.98. The summed E-state index contributed by atoms with van der Waals surface area (Å²) in [5.41, 5.74) is 1.66. The van der Waals surface area contributed by atoms with E-state index in [9.17, 15) is 9.18 Å². The summed E-state index contributed by atoms with van der Waals surface area (Å²) >= 11 is 3.17. The molecule has 1 aromatic heterocycles. The second-order valence-corrected chi connectivity index (χ2v) is 6.33. The molecule has 0 saturated heterocycles. The Bertz CT molecular complexity index is 613. The SMILES string of the molecule is CCSCc1cc(=O)[nH]c(SCc2ccc(F)cc2)n1. The predicted molar refractivity (Wildman–Crippen MR) is 82.7 cm³/mol. The third kappa shape index (κ3) is 4.68. The van der Waals surface area contributed by atoms with Crippen molar-refractivity contribution in [2.24, 2.45) is 0 Å². The lowest BCUT2D eigenvalue weighted by atomic mass is 10.2. The second kappa shape index (κ2) is 7.50. The maximum Gasteiger partial charge on any atom is 0.251 e. The normalized spacial score (nSPS) is 10.7. The summed E-state index contributed by atoms with van der Waals surface area (Å²) in [6.45, 7) is 2.07. The van der Waals surface area contributed by atoms with Crippen LogP contribution in [0, 0.1) is 5.82 Å². The van der Waals surface area contributed by atoms with Crippen molar-refractivity contribution in [3.63, 3.8) is 0 Å². The maximum absolute atomic E-state index is 12.8. The van der Waals surface area contributed by atoms with Crippen molar-refractivity contribution >= 4 is 23.5 Å². The van der Waals surface area contributed by atoms with Gasteiger partial charge in [0.25, 0.3) is 5.56 Å². The van der Waals surface area contributed by atoms with Crippen LogP contribution in [0.1, 0.15) is 18.2 Å². The molecule has 0 fully saturated rings. The van der Waals surface area contributed by atoms with E-state index in [1.807, 2.05) is 0 Å². The smallest absolute Gasteiger partial charge is 0.251 e. The fraction of sp³-hybridized carbons (Fsp3) is 0.286. The Hall–Kier alpha value is -1.27. The molecular formula is C14H15FN2OS2. The van der Waals surface area contributed by atoms with E-state index >= 15 is 0 Å². The van der Waals surface area contributed by atoms with E-state index in [1.165, 1.54) is 30.0 Å². The Morgan fingerprint density at radius 2 is 2.00 bits per heavy atom. The van der Waals surface area contributed by atoms with E-state index in [2.05, 4.69) is 16.9 Å². The van der Waals surface area contributed by atoms with Gasteiger partial charge in [0.2, 0.25) is 0 Å². The van der Waals surface area contributed by atoms with E-state index in [0.29, 0.717) is 10.9 Å². The Kier molecular flexibility index (Phi) is 5.67. The van der Waals surface area contributed by atoms with Crippen LogP contribution in [0.4, 0.5) is 4.39 Å². The van der Waals surface area contributed by atoms with Crippen molar-refractivity contribution in [3.05, 3.63) is 57.8 Å².